The fourth-order valence-corrected chi connectivity index (χ4v) is 3.67. The number of halogens is 1. The van der Waals surface area contributed by atoms with Crippen molar-refractivity contribution in [3.05, 3.63) is 59.2 Å². The van der Waals surface area contributed by atoms with Gasteiger partial charge in [0.2, 0.25) is 5.95 Å². The molecular weight excluding hydrogens is 251 g/mol. The van der Waals surface area contributed by atoms with Crippen molar-refractivity contribution >= 4 is 5.69 Å². The van der Waals surface area contributed by atoms with Crippen molar-refractivity contribution in [1.29, 1.82) is 0 Å². The van der Waals surface area contributed by atoms with E-state index in [0.717, 1.165) is 25.0 Å². The van der Waals surface area contributed by atoms with Gasteiger partial charge in [0.15, 0.2) is 0 Å². The van der Waals surface area contributed by atoms with Crippen LogP contribution in [0.25, 0.3) is 0 Å². The van der Waals surface area contributed by atoms with Crippen LogP contribution < -0.4 is 4.90 Å². The van der Waals surface area contributed by atoms with Gasteiger partial charge in [-0.15, -0.1) is 0 Å². The van der Waals surface area contributed by atoms with Crippen LogP contribution in [0.15, 0.2) is 36.4 Å². The molecule has 1 aromatic carbocycles. The molecule has 1 aromatic heterocycles. The van der Waals surface area contributed by atoms with Crippen LogP contribution in [-0.2, 0) is 6.42 Å². The molecule has 2 unspecified atom stereocenters. The van der Waals surface area contributed by atoms with Gasteiger partial charge in [-0.3, -0.25) is 0 Å². The number of fused-ring (bicyclic) bond motifs is 4. The zero-order valence-electron chi connectivity index (χ0n) is 11.5. The Morgan fingerprint density at radius 3 is 2.70 bits per heavy atom. The molecule has 2 aliphatic rings. The Morgan fingerprint density at radius 1 is 1.10 bits per heavy atom. The van der Waals surface area contributed by atoms with Crippen molar-refractivity contribution in [3.8, 4) is 0 Å². The summed E-state index contributed by atoms with van der Waals surface area (Å²) in [6.07, 6.45) is 3.16. The number of anilines is 1. The van der Waals surface area contributed by atoms with Crippen molar-refractivity contribution in [3.63, 3.8) is 0 Å². The van der Waals surface area contributed by atoms with E-state index in [1.807, 2.05) is 6.07 Å². The highest BCUT2D eigenvalue weighted by Gasteiger charge is 2.40. The van der Waals surface area contributed by atoms with E-state index < -0.39 is 0 Å². The lowest BCUT2D eigenvalue weighted by atomic mass is 9.97. The Balaban J connectivity index is 1.77. The van der Waals surface area contributed by atoms with Crippen LogP contribution >= 0.6 is 0 Å². The molecule has 0 spiro atoms. The third kappa shape index (κ3) is 1.73. The third-order valence-corrected chi connectivity index (χ3v) is 4.60. The van der Waals surface area contributed by atoms with Gasteiger partial charge in [-0.05, 0) is 43.5 Å². The molecule has 2 nitrogen and oxygen atoms in total. The van der Waals surface area contributed by atoms with Crippen molar-refractivity contribution in [2.45, 2.75) is 38.3 Å². The summed E-state index contributed by atoms with van der Waals surface area (Å²) in [7, 11) is 0. The Morgan fingerprint density at radius 2 is 1.90 bits per heavy atom. The van der Waals surface area contributed by atoms with Crippen LogP contribution in [0.5, 0.6) is 0 Å². The molecule has 1 fully saturated rings. The number of hydrogen-bond donors (Lipinski definition) is 0. The predicted molar refractivity (Wildman–Crippen MR) is 77.3 cm³/mol. The van der Waals surface area contributed by atoms with Crippen LogP contribution in [0.3, 0.4) is 0 Å². The second-order valence-corrected chi connectivity index (χ2v) is 5.86. The van der Waals surface area contributed by atoms with Gasteiger partial charge in [0.25, 0.3) is 0 Å². The van der Waals surface area contributed by atoms with Crippen molar-refractivity contribution in [1.82, 2.24) is 4.98 Å². The maximum Gasteiger partial charge on any atom is 0.213 e. The molecular formula is C17H17FN2. The number of pyridine rings is 1. The zero-order valence-corrected chi connectivity index (χ0v) is 11.5. The first kappa shape index (κ1) is 11.9. The molecule has 0 saturated carbocycles. The minimum Gasteiger partial charge on any atom is -0.361 e. The largest absolute Gasteiger partial charge is 0.361 e. The highest BCUT2D eigenvalue weighted by atomic mass is 19.1. The van der Waals surface area contributed by atoms with Gasteiger partial charge in [-0.2, -0.15) is 4.39 Å². The summed E-state index contributed by atoms with van der Waals surface area (Å²) in [5, 5.41) is 0. The summed E-state index contributed by atoms with van der Waals surface area (Å²) in [6, 6.07) is 12.9. The molecule has 4 rings (SSSR count). The zero-order chi connectivity index (χ0) is 13.7. The molecule has 1 saturated heterocycles. The summed E-state index contributed by atoms with van der Waals surface area (Å²) in [5.74, 6) is -0.355. The SMILES string of the molecule is Cc1ccc(N2C3CCC2c2ccc(F)nc2C3)cc1. The van der Waals surface area contributed by atoms with Gasteiger partial charge in [0.1, 0.15) is 0 Å². The first-order valence-electron chi connectivity index (χ1n) is 7.23. The van der Waals surface area contributed by atoms with Gasteiger partial charge in [-0.25, -0.2) is 4.98 Å². The van der Waals surface area contributed by atoms with Gasteiger partial charge >= 0.3 is 0 Å². The maximum atomic E-state index is 13.3. The lowest BCUT2D eigenvalue weighted by molar-refractivity contribution is 0.541. The molecule has 0 amide bonds. The lowest BCUT2D eigenvalue weighted by Gasteiger charge is -2.37. The number of aryl methyl sites for hydroxylation is 1. The second kappa shape index (κ2) is 4.30. The van der Waals surface area contributed by atoms with E-state index in [0.29, 0.717) is 12.1 Å². The molecule has 2 aliphatic heterocycles. The van der Waals surface area contributed by atoms with E-state index in [9.17, 15) is 4.39 Å². The number of rotatable bonds is 1. The minimum atomic E-state index is -0.355. The van der Waals surface area contributed by atoms with Crippen LogP contribution in [-0.4, -0.2) is 11.0 Å². The number of benzene rings is 1. The van der Waals surface area contributed by atoms with E-state index in [1.54, 1.807) is 0 Å². The average Bonchev–Trinajstić information content (AvgIpc) is 2.75. The first-order valence-corrected chi connectivity index (χ1v) is 7.23. The molecule has 0 radical (unpaired) electrons. The molecule has 0 aliphatic carbocycles. The van der Waals surface area contributed by atoms with Gasteiger partial charge in [-0.1, -0.05) is 23.8 Å². The van der Waals surface area contributed by atoms with Gasteiger partial charge in [0.05, 0.1) is 11.7 Å². The Hall–Kier alpha value is -1.90. The van der Waals surface area contributed by atoms with Crippen molar-refractivity contribution < 1.29 is 4.39 Å². The molecule has 2 bridgehead atoms. The summed E-state index contributed by atoms with van der Waals surface area (Å²) < 4.78 is 13.3. The Kier molecular flexibility index (Phi) is 2.56. The van der Waals surface area contributed by atoms with Crippen LogP contribution in [0.1, 0.15) is 35.7 Å². The Bertz CT molecular complexity index is 651. The summed E-state index contributed by atoms with van der Waals surface area (Å²) in [5.41, 5.74) is 4.72. The van der Waals surface area contributed by atoms with Gasteiger partial charge in [0, 0.05) is 18.2 Å². The van der Waals surface area contributed by atoms with Gasteiger partial charge < -0.3 is 4.90 Å². The maximum absolute atomic E-state index is 13.3. The van der Waals surface area contributed by atoms with Crippen molar-refractivity contribution in [2.75, 3.05) is 4.90 Å². The molecule has 2 aromatic rings. The monoisotopic (exact) mass is 268 g/mol. The average molecular weight is 268 g/mol. The summed E-state index contributed by atoms with van der Waals surface area (Å²) in [4.78, 5) is 6.60. The van der Waals surface area contributed by atoms with Crippen LogP contribution in [0, 0.1) is 12.9 Å². The van der Waals surface area contributed by atoms with E-state index >= 15 is 0 Å². The summed E-state index contributed by atoms with van der Waals surface area (Å²) in [6.45, 7) is 2.11. The van der Waals surface area contributed by atoms with Crippen molar-refractivity contribution in [2.24, 2.45) is 0 Å². The topological polar surface area (TPSA) is 16.1 Å². The molecule has 2 atom stereocenters. The molecule has 20 heavy (non-hydrogen) atoms. The fraction of sp³-hybridized carbons (Fsp3) is 0.353. The molecule has 102 valence electrons. The first-order chi connectivity index (χ1) is 9.72. The minimum absolute atomic E-state index is 0.355. The molecule has 3 heteroatoms. The lowest BCUT2D eigenvalue weighted by Crippen LogP contribution is -2.38. The number of nitrogens with zero attached hydrogens (tertiary/aromatic N) is 2. The van der Waals surface area contributed by atoms with E-state index in [-0.39, 0.29) is 5.95 Å². The van der Waals surface area contributed by atoms with E-state index in [4.69, 9.17) is 0 Å². The molecule has 0 N–H and O–H groups in total. The Labute approximate surface area is 118 Å². The smallest absolute Gasteiger partial charge is 0.213 e. The van der Waals surface area contributed by atoms with Crippen LogP contribution in [0.4, 0.5) is 10.1 Å². The highest BCUT2D eigenvalue weighted by Crippen LogP contribution is 2.45. The molecule has 3 heterocycles. The fourth-order valence-electron chi connectivity index (χ4n) is 3.67. The van der Waals surface area contributed by atoms with E-state index in [1.165, 1.54) is 22.9 Å². The number of aromatic nitrogens is 1. The number of hydrogen-bond acceptors (Lipinski definition) is 2. The van der Waals surface area contributed by atoms with Crippen LogP contribution in [0.2, 0.25) is 0 Å². The predicted octanol–water partition coefficient (Wildman–Crippen LogP) is 3.80. The highest BCUT2D eigenvalue weighted by molar-refractivity contribution is 5.55. The standard InChI is InChI=1S/C17H17FN2/c1-11-2-4-12(5-3-11)20-13-6-8-16(20)14-7-9-17(18)19-15(14)10-13/h2-5,7,9,13,16H,6,8,10H2,1H3. The normalized spacial score (nSPS) is 23.8. The summed E-state index contributed by atoms with van der Waals surface area (Å²) >= 11 is 0. The second-order valence-electron chi connectivity index (χ2n) is 5.86. The quantitative estimate of drug-likeness (QED) is 0.731. The van der Waals surface area contributed by atoms with E-state index in [2.05, 4.69) is 41.1 Å². The third-order valence-electron chi connectivity index (χ3n) is 4.60.